The molecule has 0 spiro atoms. The van der Waals surface area contributed by atoms with Crippen LogP contribution in [0.2, 0.25) is 0 Å². The van der Waals surface area contributed by atoms with Gasteiger partial charge >= 0.3 is 0 Å². The molecule has 2 aromatic heterocycles. The van der Waals surface area contributed by atoms with Crippen LogP contribution >= 0.6 is 0 Å². The molecule has 0 atom stereocenters. The van der Waals surface area contributed by atoms with Gasteiger partial charge in [-0.15, -0.1) is 0 Å². The zero-order chi connectivity index (χ0) is 31.6. The Labute approximate surface area is 278 Å². The van der Waals surface area contributed by atoms with Crippen molar-refractivity contribution in [2.75, 3.05) is 4.90 Å². The fraction of sp³-hybridized carbons (Fsp3) is 0. The molecular formula is C45H29N3. The highest BCUT2D eigenvalue weighted by molar-refractivity contribution is 6.26. The summed E-state index contributed by atoms with van der Waals surface area (Å²) in [6, 6.07) is 61.2. The Morgan fingerprint density at radius 1 is 0.417 bits per heavy atom. The van der Waals surface area contributed by atoms with Crippen LogP contribution in [-0.2, 0) is 0 Å². The molecule has 3 nitrogen and oxygen atoms in total. The topological polar surface area (TPSA) is 21.1 Å². The molecule has 0 fully saturated rings. The van der Waals surface area contributed by atoms with E-state index in [0.29, 0.717) is 0 Å². The van der Waals surface area contributed by atoms with Crippen LogP contribution in [-0.4, -0.2) is 9.55 Å². The van der Waals surface area contributed by atoms with Crippen molar-refractivity contribution in [1.29, 1.82) is 0 Å². The number of anilines is 3. The van der Waals surface area contributed by atoms with Crippen LogP contribution in [0.1, 0.15) is 0 Å². The number of aromatic nitrogens is 2. The summed E-state index contributed by atoms with van der Waals surface area (Å²) in [5, 5.41) is 4.94. The summed E-state index contributed by atoms with van der Waals surface area (Å²) in [6.45, 7) is 0. The van der Waals surface area contributed by atoms with Crippen molar-refractivity contribution in [2.45, 2.75) is 0 Å². The fourth-order valence-electron chi connectivity index (χ4n) is 7.72. The third kappa shape index (κ3) is 3.91. The van der Waals surface area contributed by atoms with E-state index in [0.717, 1.165) is 22.5 Å². The van der Waals surface area contributed by atoms with Gasteiger partial charge in [0.05, 0.1) is 22.4 Å². The molecule has 0 amide bonds. The van der Waals surface area contributed by atoms with Gasteiger partial charge in [-0.05, 0) is 81.7 Å². The van der Waals surface area contributed by atoms with Crippen LogP contribution < -0.4 is 4.90 Å². The zero-order valence-corrected chi connectivity index (χ0v) is 26.1. The molecule has 0 bridgehead atoms. The molecule has 7 aromatic carbocycles. The van der Waals surface area contributed by atoms with Crippen molar-refractivity contribution in [3.05, 3.63) is 176 Å². The minimum absolute atomic E-state index is 0.905. The summed E-state index contributed by atoms with van der Waals surface area (Å²) in [7, 11) is 0. The van der Waals surface area contributed by atoms with E-state index in [9.17, 15) is 0 Å². The zero-order valence-electron chi connectivity index (χ0n) is 26.1. The highest BCUT2D eigenvalue weighted by Crippen LogP contribution is 2.56. The first-order chi connectivity index (χ1) is 23.8. The number of pyridine rings is 1. The summed E-state index contributed by atoms with van der Waals surface area (Å²) < 4.78 is 2.32. The average molecular weight is 612 g/mol. The predicted molar refractivity (Wildman–Crippen MR) is 201 cm³/mol. The molecule has 0 aliphatic carbocycles. The molecule has 0 saturated heterocycles. The second-order valence-corrected chi connectivity index (χ2v) is 12.4. The van der Waals surface area contributed by atoms with Crippen molar-refractivity contribution in [1.82, 2.24) is 9.55 Å². The van der Waals surface area contributed by atoms with Gasteiger partial charge in [-0.2, -0.15) is 0 Å². The Morgan fingerprint density at radius 3 is 1.90 bits per heavy atom. The van der Waals surface area contributed by atoms with Crippen molar-refractivity contribution in [3.8, 4) is 39.2 Å². The number of hydrogen-bond donors (Lipinski definition) is 0. The predicted octanol–water partition coefficient (Wildman–Crippen LogP) is 12.1. The van der Waals surface area contributed by atoms with Crippen molar-refractivity contribution in [2.24, 2.45) is 0 Å². The number of benzene rings is 7. The monoisotopic (exact) mass is 611 g/mol. The highest BCUT2D eigenvalue weighted by atomic mass is 15.2. The van der Waals surface area contributed by atoms with Gasteiger partial charge in [0.15, 0.2) is 0 Å². The van der Waals surface area contributed by atoms with E-state index in [1.54, 1.807) is 0 Å². The molecule has 3 heterocycles. The van der Waals surface area contributed by atoms with Gasteiger partial charge in [0.2, 0.25) is 0 Å². The minimum Gasteiger partial charge on any atom is -0.309 e. The van der Waals surface area contributed by atoms with Gasteiger partial charge in [0, 0.05) is 33.6 Å². The number of fused-ring (bicyclic) bond motifs is 6. The third-order valence-electron chi connectivity index (χ3n) is 9.76. The third-order valence-corrected chi connectivity index (χ3v) is 9.76. The molecule has 10 rings (SSSR count). The maximum atomic E-state index is 4.85. The van der Waals surface area contributed by atoms with Crippen LogP contribution in [0.25, 0.3) is 71.8 Å². The molecule has 1 aliphatic heterocycles. The van der Waals surface area contributed by atoms with Crippen LogP contribution in [0.3, 0.4) is 0 Å². The van der Waals surface area contributed by atoms with Gasteiger partial charge in [-0.1, -0.05) is 121 Å². The SMILES string of the molecule is c1ccc(-c2ccc3c(c2)c2c4c(ccc2n3-c2ccccn2)-c2cccc3c(-c5ccccc5)ccc(c23)N4c2ccccc2)cc1. The van der Waals surface area contributed by atoms with E-state index >= 15 is 0 Å². The Balaban J connectivity index is 1.37. The first-order valence-corrected chi connectivity index (χ1v) is 16.4. The lowest BCUT2D eigenvalue weighted by Crippen LogP contribution is -2.15. The molecular weight excluding hydrogens is 583 g/mol. The molecule has 0 N–H and O–H groups in total. The first-order valence-electron chi connectivity index (χ1n) is 16.4. The normalized spacial score (nSPS) is 12.1. The van der Waals surface area contributed by atoms with Gasteiger partial charge < -0.3 is 4.90 Å². The molecule has 1 aliphatic rings. The summed E-state index contributed by atoms with van der Waals surface area (Å²) in [4.78, 5) is 7.33. The van der Waals surface area contributed by atoms with E-state index in [-0.39, 0.29) is 0 Å². The fourth-order valence-corrected chi connectivity index (χ4v) is 7.72. The van der Waals surface area contributed by atoms with E-state index in [1.165, 1.54) is 66.3 Å². The molecule has 0 saturated carbocycles. The standard InChI is InChI=1S/C45H29N3/c1-4-13-30(14-5-1)32-22-25-39-38(29-32)44-41(48(39)42-21-10-11-28-46-42)27-24-37-36-20-12-19-35-34(31-15-6-2-7-16-31)23-26-40(43(35)36)47(45(37)44)33-17-8-3-9-18-33/h1-29H. The lowest BCUT2D eigenvalue weighted by molar-refractivity contribution is 1.08. The van der Waals surface area contributed by atoms with Gasteiger partial charge in [-0.25, -0.2) is 4.98 Å². The van der Waals surface area contributed by atoms with E-state index < -0.39 is 0 Å². The average Bonchev–Trinajstić information content (AvgIpc) is 3.50. The lowest BCUT2D eigenvalue weighted by Gasteiger charge is -2.34. The molecule has 224 valence electrons. The van der Waals surface area contributed by atoms with E-state index in [4.69, 9.17) is 4.98 Å². The maximum absolute atomic E-state index is 4.85. The second-order valence-electron chi connectivity index (χ2n) is 12.4. The number of hydrogen-bond acceptors (Lipinski definition) is 2. The van der Waals surface area contributed by atoms with Crippen molar-refractivity contribution < 1.29 is 0 Å². The second kappa shape index (κ2) is 10.5. The van der Waals surface area contributed by atoms with Crippen LogP contribution in [0.5, 0.6) is 0 Å². The van der Waals surface area contributed by atoms with Gasteiger partial charge in [0.1, 0.15) is 5.82 Å². The van der Waals surface area contributed by atoms with E-state index in [2.05, 4.69) is 173 Å². The quantitative estimate of drug-likeness (QED) is 0.197. The van der Waals surface area contributed by atoms with Crippen molar-refractivity contribution >= 4 is 49.6 Å². The maximum Gasteiger partial charge on any atom is 0.137 e. The van der Waals surface area contributed by atoms with Crippen LogP contribution in [0.4, 0.5) is 17.1 Å². The summed E-state index contributed by atoms with van der Waals surface area (Å²) in [5.41, 5.74) is 13.1. The molecule has 0 unspecified atom stereocenters. The van der Waals surface area contributed by atoms with Crippen molar-refractivity contribution in [3.63, 3.8) is 0 Å². The Hall–Kier alpha value is -6.45. The number of rotatable bonds is 4. The van der Waals surface area contributed by atoms with E-state index in [1.807, 2.05) is 12.3 Å². The Kier molecular flexibility index (Phi) is 5.87. The summed E-state index contributed by atoms with van der Waals surface area (Å²) >= 11 is 0. The largest absolute Gasteiger partial charge is 0.309 e. The number of para-hydroxylation sites is 1. The molecule has 0 radical (unpaired) electrons. The highest BCUT2D eigenvalue weighted by Gasteiger charge is 2.31. The lowest BCUT2D eigenvalue weighted by atomic mass is 9.86. The smallest absolute Gasteiger partial charge is 0.137 e. The van der Waals surface area contributed by atoms with Gasteiger partial charge in [0.25, 0.3) is 0 Å². The number of nitrogens with zero attached hydrogens (tertiary/aromatic N) is 3. The van der Waals surface area contributed by atoms with Crippen LogP contribution in [0.15, 0.2) is 176 Å². The summed E-state index contributed by atoms with van der Waals surface area (Å²) in [6.07, 6.45) is 1.88. The van der Waals surface area contributed by atoms with Gasteiger partial charge in [-0.3, -0.25) is 4.57 Å². The molecule has 9 aromatic rings. The molecule has 48 heavy (non-hydrogen) atoms. The molecule has 3 heteroatoms. The summed E-state index contributed by atoms with van der Waals surface area (Å²) in [5.74, 6) is 0.905. The Morgan fingerprint density at radius 2 is 1.12 bits per heavy atom. The minimum atomic E-state index is 0.905. The first kappa shape index (κ1) is 26.7. The van der Waals surface area contributed by atoms with Crippen LogP contribution in [0, 0.1) is 0 Å². The Bertz CT molecular complexity index is 2640.